The largest absolute Gasteiger partial charge is 0.271 e. The van der Waals surface area contributed by atoms with Gasteiger partial charge in [0.15, 0.2) is 0 Å². The van der Waals surface area contributed by atoms with Crippen molar-refractivity contribution in [2.45, 2.75) is 19.9 Å². The van der Waals surface area contributed by atoms with E-state index >= 15 is 0 Å². The van der Waals surface area contributed by atoms with Gasteiger partial charge in [-0.15, -0.1) is 0 Å². The van der Waals surface area contributed by atoms with Crippen molar-refractivity contribution in [3.8, 4) is 0 Å². The summed E-state index contributed by atoms with van der Waals surface area (Å²) in [7, 11) is 0. The summed E-state index contributed by atoms with van der Waals surface area (Å²) >= 11 is 0. The Morgan fingerprint density at radius 2 is 2.00 bits per heavy atom. The predicted molar refractivity (Wildman–Crippen MR) is 46.8 cm³/mol. The second-order valence-corrected chi connectivity index (χ2v) is 2.98. The number of nitrogens with two attached hydrogens (primary N) is 1. The number of hydrogen-bond acceptors (Lipinski definition) is 2. The highest BCUT2D eigenvalue weighted by Crippen LogP contribution is 2.22. The van der Waals surface area contributed by atoms with Crippen molar-refractivity contribution >= 4 is 0 Å². The maximum Gasteiger partial charge on any atom is 0.133 e. The van der Waals surface area contributed by atoms with Crippen molar-refractivity contribution in [1.29, 1.82) is 0 Å². The Bertz CT molecular complexity index is 313. The molecule has 72 valence electrons. The van der Waals surface area contributed by atoms with Crippen LogP contribution in [0.5, 0.6) is 0 Å². The number of halogens is 2. The third-order valence-corrected chi connectivity index (χ3v) is 2.00. The smallest absolute Gasteiger partial charge is 0.133 e. The summed E-state index contributed by atoms with van der Waals surface area (Å²) < 4.78 is 26.5. The monoisotopic (exact) mass is 186 g/mol. The van der Waals surface area contributed by atoms with Gasteiger partial charge in [-0.2, -0.15) is 0 Å². The molecule has 1 aromatic carbocycles. The maximum atomic E-state index is 13.4. The summed E-state index contributed by atoms with van der Waals surface area (Å²) in [6, 6.07) is 2.11. The van der Waals surface area contributed by atoms with Crippen molar-refractivity contribution in [2.75, 3.05) is 0 Å². The molecule has 0 saturated carbocycles. The van der Waals surface area contributed by atoms with Crippen molar-refractivity contribution in [3.05, 3.63) is 34.9 Å². The van der Waals surface area contributed by atoms with Crippen molar-refractivity contribution in [1.82, 2.24) is 5.43 Å². The Balaban J connectivity index is 3.25. The van der Waals surface area contributed by atoms with E-state index in [0.29, 0.717) is 5.56 Å². The maximum absolute atomic E-state index is 13.4. The molecule has 0 fully saturated rings. The van der Waals surface area contributed by atoms with E-state index in [0.717, 1.165) is 0 Å². The van der Waals surface area contributed by atoms with Crippen LogP contribution in [0.2, 0.25) is 0 Å². The number of benzene rings is 1. The zero-order valence-corrected chi connectivity index (χ0v) is 7.57. The molecule has 1 rings (SSSR count). The first-order chi connectivity index (χ1) is 6.07. The molecule has 0 aliphatic heterocycles. The zero-order chi connectivity index (χ0) is 10.0. The number of nitrogens with one attached hydrogen (secondary N) is 1. The van der Waals surface area contributed by atoms with E-state index in [1.165, 1.54) is 12.1 Å². The molecule has 2 nitrogen and oxygen atoms in total. The molecule has 0 unspecified atom stereocenters. The summed E-state index contributed by atoms with van der Waals surface area (Å²) in [5, 5.41) is 0. The highest BCUT2D eigenvalue weighted by atomic mass is 19.1. The van der Waals surface area contributed by atoms with Crippen LogP contribution in [0.15, 0.2) is 12.1 Å². The van der Waals surface area contributed by atoms with E-state index in [1.54, 1.807) is 13.8 Å². The van der Waals surface area contributed by atoms with Crippen molar-refractivity contribution in [3.63, 3.8) is 0 Å². The Morgan fingerprint density at radius 3 is 2.54 bits per heavy atom. The molecule has 0 amide bonds. The minimum atomic E-state index is -0.575. The van der Waals surface area contributed by atoms with E-state index in [2.05, 4.69) is 5.43 Å². The van der Waals surface area contributed by atoms with Gasteiger partial charge in [-0.3, -0.25) is 11.3 Å². The van der Waals surface area contributed by atoms with Crippen LogP contribution in [-0.2, 0) is 0 Å². The fourth-order valence-electron chi connectivity index (χ4n) is 1.16. The normalized spacial score (nSPS) is 13.0. The quantitative estimate of drug-likeness (QED) is 0.546. The highest BCUT2D eigenvalue weighted by molar-refractivity contribution is 5.28. The molecule has 0 aliphatic rings. The highest BCUT2D eigenvalue weighted by Gasteiger charge is 2.16. The predicted octanol–water partition coefficient (Wildman–Crippen LogP) is 1.80. The van der Waals surface area contributed by atoms with Gasteiger partial charge in [0.2, 0.25) is 0 Å². The third kappa shape index (κ3) is 1.84. The second-order valence-electron chi connectivity index (χ2n) is 2.98. The molecule has 0 bridgehead atoms. The van der Waals surface area contributed by atoms with Crippen molar-refractivity contribution < 1.29 is 8.78 Å². The van der Waals surface area contributed by atoms with Gasteiger partial charge in [0, 0.05) is 11.6 Å². The number of hydrogen-bond donors (Lipinski definition) is 2. The van der Waals surface area contributed by atoms with E-state index in [4.69, 9.17) is 5.84 Å². The molecule has 3 N–H and O–H groups in total. The van der Waals surface area contributed by atoms with Crippen LogP contribution in [0.25, 0.3) is 0 Å². The Hall–Kier alpha value is -1.00. The number of hydrazine groups is 1. The minimum Gasteiger partial charge on any atom is -0.271 e. The summed E-state index contributed by atoms with van der Waals surface area (Å²) in [6.07, 6.45) is 0. The molecule has 0 heterocycles. The van der Waals surface area contributed by atoms with Crippen LogP contribution in [0, 0.1) is 18.6 Å². The molecular formula is C9H12F2N2. The standard InChI is InChI=1S/C9H12F2N2/c1-5-3-4-7(10)8(9(5)11)6(2)13-12/h3-4,6,13H,12H2,1-2H3/t6-/m0/s1. The van der Waals surface area contributed by atoms with Gasteiger partial charge in [-0.25, -0.2) is 8.78 Å². The molecule has 0 spiro atoms. The fraction of sp³-hybridized carbons (Fsp3) is 0.333. The molecule has 1 aromatic rings. The van der Waals surface area contributed by atoms with Gasteiger partial charge >= 0.3 is 0 Å². The zero-order valence-electron chi connectivity index (χ0n) is 7.57. The van der Waals surface area contributed by atoms with E-state index in [-0.39, 0.29) is 5.56 Å². The van der Waals surface area contributed by atoms with E-state index in [9.17, 15) is 8.78 Å². The van der Waals surface area contributed by atoms with Crippen LogP contribution in [0.3, 0.4) is 0 Å². The molecule has 0 aromatic heterocycles. The third-order valence-electron chi connectivity index (χ3n) is 2.00. The summed E-state index contributed by atoms with van der Waals surface area (Å²) in [6.45, 7) is 3.18. The summed E-state index contributed by atoms with van der Waals surface area (Å²) in [5.41, 5.74) is 2.71. The lowest BCUT2D eigenvalue weighted by atomic mass is 10.0. The molecule has 4 heteroatoms. The topological polar surface area (TPSA) is 38.0 Å². The Morgan fingerprint density at radius 1 is 1.38 bits per heavy atom. The molecule has 0 radical (unpaired) electrons. The first-order valence-electron chi connectivity index (χ1n) is 3.98. The Labute approximate surface area is 75.7 Å². The molecule has 13 heavy (non-hydrogen) atoms. The number of rotatable bonds is 2. The van der Waals surface area contributed by atoms with E-state index < -0.39 is 17.7 Å². The lowest BCUT2D eigenvalue weighted by Gasteiger charge is -2.13. The molecule has 1 atom stereocenters. The molecule has 0 aliphatic carbocycles. The SMILES string of the molecule is Cc1ccc(F)c([C@H](C)NN)c1F. The van der Waals surface area contributed by atoms with Crippen LogP contribution in [0.4, 0.5) is 8.78 Å². The van der Waals surface area contributed by atoms with Gasteiger partial charge in [0.1, 0.15) is 11.6 Å². The average molecular weight is 186 g/mol. The van der Waals surface area contributed by atoms with E-state index in [1.807, 2.05) is 0 Å². The van der Waals surface area contributed by atoms with Crippen molar-refractivity contribution in [2.24, 2.45) is 5.84 Å². The lowest BCUT2D eigenvalue weighted by Crippen LogP contribution is -2.27. The number of aryl methyl sites for hydroxylation is 1. The average Bonchev–Trinajstić information content (AvgIpc) is 2.12. The summed E-state index contributed by atoms with van der Waals surface area (Å²) in [4.78, 5) is 0. The van der Waals surface area contributed by atoms with Crippen LogP contribution < -0.4 is 11.3 Å². The van der Waals surface area contributed by atoms with Gasteiger partial charge in [0.05, 0.1) is 0 Å². The minimum absolute atomic E-state index is 0.0116. The lowest BCUT2D eigenvalue weighted by molar-refractivity contribution is 0.493. The van der Waals surface area contributed by atoms with Gasteiger partial charge in [-0.1, -0.05) is 6.07 Å². The Kier molecular flexibility index (Phi) is 2.95. The fourth-order valence-corrected chi connectivity index (χ4v) is 1.16. The van der Waals surface area contributed by atoms with Gasteiger partial charge < -0.3 is 0 Å². The van der Waals surface area contributed by atoms with Crippen LogP contribution in [-0.4, -0.2) is 0 Å². The van der Waals surface area contributed by atoms with Crippen LogP contribution in [0.1, 0.15) is 24.1 Å². The second kappa shape index (κ2) is 3.81. The van der Waals surface area contributed by atoms with Gasteiger partial charge in [-0.05, 0) is 25.5 Å². The molecule has 0 saturated heterocycles. The summed E-state index contributed by atoms with van der Waals surface area (Å²) in [5.74, 6) is 4.00. The molecular weight excluding hydrogens is 174 g/mol. The van der Waals surface area contributed by atoms with Crippen LogP contribution >= 0.6 is 0 Å². The first kappa shape index (κ1) is 10.1. The van der Waals surface area contributed by atoms with Gasteiger partial charge in [0.25, 0.3) is 0 Å². The first-order valence-corrected chi connectivity index (χ1v) is 3.98.